The average molecular weight is 408 g/mol. The smallest absolute Gasteiger partial charge is 0.475 e. The van der Waals surface area contributed by atoms with Crippen LogP contribution in [0.3, 0.4) is 0 Å². The zero-order chi connectivity index (χ0) is 21.3. The van der Waals surface area contributed by atoms with Gasteiger partial charge in [0, 0.05) is 18.0 Å². The van der Waals surface area contributed by atoms with Gasteiger partial charge >= 0.3 is 12.1 Å². The normalized spacial score (nSPS) is 10.6. The maximum Gasteiger partial charge on any atom is 0.490 e. The highest BCUT2D eigenvalue weighted by Crippen LogP contribution is 2.14. The third kappa shape index (κ3) is 7.40. The van der Waals surface area contributed by atoms with Crippen LogP contribution in [-0.4, -0.2) is 38.3 Å². The molecule has 0 bridgehead atoms. The van der Waals surface area contributed by atoms with Crippen LogP contribution in [0.15, 0.2) is 59.4 Å². The summed E-state index contributed by atoms with van der Waals surface area (Å²) in [7, 11) is 0. The number of benzene rings is 1. The Morgan fingerprint density at radius 3 is 2.28 bits per heavy atom. The first-order valence-corrected chi connectivity index (χ1v) is 8.09. The molecule has 0 aliphatic carbocycles. The summed E-state index contributed by atoms with van der Waals surface area (Å²) in [5.74, 6) is -2.00. The van der Waals surface area contributed by atoms with Crippen LogP contribution in [-0.2, 0) is 22.6 Å². The van der Waals surface area contributed by atoms with Gasteiger partial charge in [-0.05, 0) is 17.7 Å². The molecule has 2 heterocycles. The van der Waals surface area contributed by atoms with Crippen LogP contribution in [0, 0.1) is 0 Å². The van der Waals surface area contributed by atoms with Gasteiger partial charge in [0.1, 0.15) is 0 Å². The molecular weight excluding hydrogens is 393 g/mol. The van der Waals surface area contributed by atoms with Crippen LogP contribution in [0.2, 0.25) is 0 Å². The summed E-state index contributed by atoms with van der Waals surface area (Å²) in [5.41, 5.74) is 1.78. The third-order valence-corrected chi connectivity index (χ3v) is 3.29. The maximum absolute atomic E-state index is 11.9. The lowest BCUT2D eigenvalue weighted by Crippen LogP contribution is -2.24. The number of amides is 1. The SMILES string of the molecule is O=C(Cc1ccccc1)NCc1nc(-c2ccncc2)no1.O=C(O)C(F)(F)F. The summed E-state index contributed by atoms with van der Waals surface area (Å²) in [4.78, 5) is 28.9. The highest BCUT2D eigenvalue weighted by Gasteiger charge is 2.38. The minimum absolute atomic E-state index is 0.0881. The number of rotatable bonds is 5. The number of alkyl halides is 3. The molecule has 3 rings (SSSR count). The zero-order valence-corrected chi connectivity index (χ0v) is 14.8. The molecule has 0 saturated heterocycles. The number of carboxylic acid groups (broad SMARTS) is 1. The van der Waals surface area contributed by atoms with E-state index in [1.54, 1.807) is 24.5 Å². The number of halogens is 3. The van der Waals surface area contributed by atoms with Gasteiger partial charge in [-0.3, -0.25) is 9.78 Å². The minimum atomic E-state index is -5.08. The summed E-state index contributed by atoms with van der Waals surface area (Å²) in [6.07, 6.45) is -1.44. The van der Waals surface area contributed by atoms with E-state index in [0.29, 0.717) is 18.1 Å². The molecule has 0 aliphatic rings. The van der Waals surface area contributed by atoms with Gasteiger partial charge in [-0.25, -0.2) is 4.79 Å². The number of nitrogens with one attached hydrogen (secondary N) is 1. The first-order valence-electron chi connectivity index (χ1n) is 8.09. The van der Waals surface area contributed by atoms with Crippen LogP contribution >= 0.6 is 0 Å². The summed E-state index contributed by atoms with van der Waals surface area (Å²) in [5, 5.41) is 13.8. The van der Waals surface area contributed by atoms with Crippen molar-refractivity contribution in [1.29, 1.82) is 0 Å². The second-order valence-electron chi connectivity index (χ2n) is 5.49. The Labute approximate surface area is 162 Å². The average Bonchev–Trinajstić information content (AvgIpc) is 3.17. The molecule has 0 radical (unpaired) electrons. The largest absolute Gasteiger partial charge is 0.490 e. The van der Waals surface area contributed by atoms with E-state index in [9.17, 15) is 18.0 Å². The van der Waals surface area contributed by atoms with Crippen LogP contribution in [0.5, 0.6) is 0 Å². The number of carbonyl (C=O) groups is 2. The van der Waals surface area contributed by atoms with Gasteiger partial charge in [-0.2, -0.15) is 18.2 Å². The number of nitrogens with zero attached hydrogens (tertiary/aromatic N) is 3. The number of pyridine rings is 1. The van der Waals surface area contributed by atoms with E-state index in [4.69, 9.17) is 14.4 Å². The first-order chi connectivity index (χ1) is 13.8. The molecule has 11 heteroatoms. The van der Waals surface area contributed by atoms with Gasteiger partial charge in [0.2, 0.25) is 17.6 Å². The van der Waals surface area contributed by atoms with E-state index in [1.165, 1.54) is 0 Å². The lowest BCUT2D eigenvalue weighted by atomic mass is 10.1. The van der Waals surface area contributed by atoms with Crippen molar-refractivity contribution in [3.05, 3.63) is 66.3 Å². The number of hydrogen-bond donors (Lipinski definition) is 2. The van der Waals surface area contributed by atoms with E-state index in [0.717, 1.165) is 11.1 Å². The van der Waals surface area contributed by atoms with E-state index >= 15 is 0 Å². The lowest BCUT2D eigenvalue weighted by molar-refractivity contribution is -0.192. The minimum Gasteiger partial charge on any atom is -0.475 e. The number of carbonyl (C=O) groups excluding carboxylic acids is 1. The molecule has 0 fully saturated rings. The van der Waals surface area contributed by atoms with Crippen molar-refractivity contribution >= 4 is 11.9 Å². The summed E-state index contributed by atoms with van der Waals surface area (Å²) < 4.78 is 36.9. The van der Waals surface area contributed by atoms with Gasteiger partial charge in [0.15, 0.2) is 0 Å². The highest BCUT2D eigenvalue weighted by molar-refractivity contribution is 5.78. The van der Waals surface area contributed by atoms with E-state index in [-0.39, 0.29) is 12.5 Å². The fourth-order valence-corrected chi connectivity index (χ4v) is 1.96. The summed E-state index contributed by atoms with van der Waals surface area (Å²) in [6, 6.07) is 13.1. The Kier molecular flexibility index (Phi) is 7.40. The van der Waals surface area contributed by atoms with Gasteiger partial charge < -0.3 is 14.9 Å². The molecule has 1 aromatic carbocycles. The summed E-state index contributed by atoms with van der Waals surface area (Å²) >= 11 is 0. The van der Waals surface area contributed by atoms with Crippen LogP contribution < -0.4 is 5.32 Å². The van der Waals surface area contributed by atoms with Crippen molar-refractivity contribution < 1.29 is 32.4 Å². The molecule has 0 spiro atoms. The number of carboxylic acids is 1. The Morgan fingerprint density at radius 2 is 1.69 bits per heavy atom. The monoisotopic (exact) mass is 408 g/mol. The topological polar surface area (TPSA) is 118 Å². The molecule has 8 nitrogen and oxygen atoms in total. The molecule has 0 unspecified atom stereocenters. The quantitative estimate of drug-likeness (QED) is 0.666. The van der Waals surface area contributed by atoms with Gasteiger partial charge in [0.05, 0.1) is 13.0 Å². The van der Waals surface area contributed by atoms with Crippen LogP contribution in [0.4, 0.5) is 13.2 Å². The summed E-state index contributed by atoms with van der Waals surface area (Å²) in [6.45, 7) is 0.212. The molecule has 1 amide bonds. The van der Waals surface area contributed by atoms with Gasteiger partial charge in [0.25, 0.3) is 0 Å². The molecule has 2 N–H and O–H groups in total. The lowest BCUT2D eigenvalue weighted by Gasteiger charge is -2.02. The van der Waals surface area contributed by atoms with E-state index < -0.39 is 12.1 Å². The Balaban J connectivity index is 0.000000370. The molecule has 0 aliphatic heterocycles. The molecule has 2 aromatic heterocycles. The maximum atomic E-state index is 11.9. The van der Waals surface area contributed by atoms with Crippen molar-refractivity contribution in [2.75, 3.05) is 0 Å². The second kappa shape index (κ2) is 9.97. The van der Waals surface area contributed by atoms with Crippen molar-refractivity contribution in [1.82, 2.24) is 20.4 Å². The van der Waals surface area contributed by atoms with Crippen LogP contribution in [0.1, 0.15) is 11.5 Å². The van der Waals surface area contributed by atoms with E-state index in [2.05, 4.69) is 20.4 Å². The predicted molar refractivity (Wildman–Crippen MR) is 93.2 cm³/mol. The fraction of sp³-hybridized carbons (Fsp3) is 0.167. The second-order valence-corrected chi connectivity index (χ2v) is 5.49. The molecule has 29 heavy (non-hydrogen) atoms. The number of aliphatic carboxylic acids is 1. The van der Waals surface area contributed by atoms with Crippen molar-refractivity contribution in [2.45, 2.75) is 19.1 Å². The molecule has 152 valence electrons. The third-order valence-electron chi connectivity index (χ3n) is 3.29. The van der Waals surface area contributed by atoms with E-state index in [1.807, 2.05) is 30.3 Å². The van der Waals surface area contributed by atoms with Crippen molar-refractivity contribution in [3.63, 3.8) is 0 Å². The van der Waals surface area contributed by atoms with Crippen molar-refractivity contribution in [2.24, 2.45) is 0 Å². The Morgan fingerprint density at radius 1 is 1.07 bits per heavy atom. The fourth-order valence-electron chi connectivity index (χ4n) is 1.96. The first kappa shape index (κ1) is 21.5. The number of hydrogen-bond acceptors (Lipinski definition) is 6. The molecule has 3 aromatic rings. The standard InChI is InChI=1S/C16H14N4O2.C2HF3O2/c21-14(10-12-4-2-1-3-5-12)18-11-15-19-16(20-22-15)13-6-8-17-9-7-13;3-2(4,5)1(6)7/h1-9H,10-11H2,(H,18,21);(H,6,7). The molecular formula is C18H15F3N4O4. The number of aromatic nitrogens is 3. The Hall–Kier alpha value is -3.76. The van der Waals surface area contributed by atoms with Crippen LogP contribution in [0.25, 0.3) is 11.4 Å². The zero-order valence-electron chi connectivity index (χ0n) is 14.8. The predicted octanol–water partition coefficient (Wildman–Crippen LogP) is 2.62. The van der Waals surface area contributed by atoms with Crippen molar-refractivity contribution in [3.8, 4) is 11.4 Å². The highest BCUT2D eigenvalue weighted by atomic mass is 19.4. The van der Waals surface area contributed by atoms with Gasteiger partial charge in [-0.1, -0.05) is 35.5 Å². The van der Waals surface area contributed by atoms with Gasteiger partial charge in [-0.15, -0.1) is 0 Å². The molecule has 0 atom stereocenters. The molecule has 0 saturated carbocycles. The Bertz CT molecular complexity index is 931.